The second-order valence-electron chi connectivity index (χ2n) is 8.37. The first-order chi connectivity index (χ1) is 14.7. The maximum atomic E-state index is 13.6. The van der Waals surface area contributed by atoms with Gasteiger partial charge in [0.2, 0.25) is 11.8 Å². The molecule has 0 N–H and O–H groups in total. The van der Waals surface area contributed by atoms with Crippen molar-refractivity contribution in [3.8, 4) is 0 Å². The minimum absolute atomic E-state index is 0.0498. The van der Waals surface area contributed by atoms with Gasteiger partial charge in [-0.3, -0.25) is 9.59 Å². The Morgan fingerprint density at radius 1 is 1.03 bits per heavy atom. The van der Waals surface area contributed by atoms with Crippen molar-refractivity contribution in [1.82, 2.24) is 9.80 Å². The molecule has 0 saturated carbocycles. The third kappa shape index (κ3) is 3.93. The van der Waals surface area contributed by atoms with Gasteiger partial charge in [-0.25, -0.2) is 0 Å². The Kier molecular flexibility index (Phi) is 5.54. The van der Waals surface area contributed by atoms with Crippen LogP contribution in [0.4, 0.5) is 13.2 Å². The van der Waals surface area contributed by atoms with Gasteiger partial charge in [0.25, 0.3) is 0 Å². The highest BCUT2D eigenvalue weighted by molar-refractivity contribution is 5.85. The fraction of sp³-hybridized carbons (Fsp3) is 0.417. The molecule has 4 nitrogen and oxygen atoms in total. The van der Waals surface area contributed by atoms with Crippen LogP contribution in [0.2, 0.25) is 0 Å². The van der Waals surface area contributed by atoms with Crippen LogP contribution in [0.3, 0.4) is 0 Å². The van der Waals surface area contributed by atoms with Gasteiger partial charge in [-0.05, 0) is 48.6 Å². The molecule has 2 heterocycles. The Labute approximate surface area is 179 Å². The minimum Gasteiger partial charge on any atom is -0.338 e. The number of hydrogen-bond donors (Lipinski definition) is 0. The summed E-state index contributed by atoms with van der Waals surface area (Å²) in [5.74, 6) is -0.649. The van der Waals surface area contributed by atoms with Crippen molar-refractivity contribution >= 4 is 11.8 Å². The number of halogens is 3. The van der Waals surface area contributed by atoms with Gasteiger partial charge in [0.1, 0.15) is 0 Å². The zero-order chi connectivity index (χ0) is 22.3. The summed E-state index contributed by atoms with van der Waals surface area (Å²) in [4.78, 5) is 29.4. The average Bonchev–Trinajstić information content (AvgIpc) is 2.75. The number of carbonyl (C=O) groups excluding carboxylic acids is 2. The Morgan fingerprint density at radius 2 is 1.71 bits per heavy atom. The summed E-state index contributed by atoms with van der Waals surface area (Å²) in [6.45, 7) is 2.59. The first kappa shape index (κ1) is 21.4. The maximum absolute atomic E-state index is 13.6. The Bertz CT molecular complexity index is 987. The third-order valence-electron chi connectivity index (χ3n) is 6.64. The number of piperidine rings is 1. The second kappa shape index (κ2) is 8.02. The quantitative estimate of drug-likeness (QED) is 0.689. The lowest BCUT2D eigenvalue weighted by Crippen LogP contribution is -2.49. The Morgan fingerprint density at radius 3 is 2.39 bits per heavy atom. The predicted molar refractivity (Wildman–Crippen MR) is 110 cm³/mol. The van der Waals surface area contributed by atoms with E-state index in [9.17, 15) is 22.8 Å². The molecule has 0 aliphatic carbocycles. The van der Waals surface area contributed by atoms with Crippen molar-refractivity contribution in [2.75, 3.05) is 13.6 Å². The molecule has 2 aliphatic rings. The second-order valence-corrected chi connectivity index (χ2v) is 8.37. The van der Waals surface area contributed by atoms with Gasteiger partial charge in [0, 0.05) is 20.0 Å². The summed E-state index contributed by atoms with van der Waals surface area (Å²) in [6, 6.07) is 12.2. The molecule has 164 valence electrons. The van der Waals surface area contributed by atoms with Crippen LogP contribution in [0.15, 0.2) is 48.5 Å². The fourth-order valence-electron chi connectivity index (χ4n) is 4.91. The van der Waals surface area contributed by atoms with E-state index >= 15 is 0 Å². The number of likely N-dealkylation sites (tertiary alicyclic amines) is 1. The van der Waals surface area contributed by atoms with Gasteiger partial charge in [-0.15, -0.1) is 0 Å². The largest absolute Gasteiger partial charge is 0.416 e. The van der Waals surface area contributed by atoms with E-state index in [-0.39, 0.29) is 24.3 Å². The van der Waals surface area contributed by atoms with Gasteiger partial charge in [0.15, 0.2) is 0 Å². The first-order valence-electron chi connectivity index (χ1n) is 10.5. The van der Waals surface area contributed by atoms with E-state index in [1.165, 1.54) is 22.6 Å². The normalized spacial score (nSPS) is 24.2. The standard InChI is InChI=1S/C24H25F3N2O2/c1-15-19-6-4-3-5-16(19)13-14-29(15)23(31)20-11-12-21(30)28(2)22(20)17-7-9-18(10-8-17)24(25,26)27/h3-10,15,20,22H,11-14H2,1-2H3. The number of benzene rings is 2. The number of nitrogens with zero attached hydrogens (tertiary/aromatic N) is 2. The molecule has 0 spiro atoms. The van der Waals surface area contributed by atoms with Crippen LogP contribution >= 0.6 is 0 Å². The Hall–Kier alpha value is -2.83. The Balaban J connectivity index is 1.64. The van der Waals surface area contributed by atoms with E-state index in [1.54, 1.807) is 7.05 Å². The molecule has 3 atom stereocenters. The van der Waals surface area contributed by atoms with Gasteiger partial charge in [-0.2, -0.15) is 13.2 Å². The maximum Gasteiger partial charge on any atom is 0.416 e. The van der Waals surface area contributed by atoms with Crippen LogP contribution in [0.25, 0.3) is 0 Å². The number of hydrogen-bond acceptors (Lipinski definition) is 2. The molecule has 3 unspecified atom stereocenters. The van der Waals surface area contributed by atoms with E-state index in [0.717, 1.165) is 24.1 Å². The molecule has 1 fully saturated rings. The number of alkyl halides is 3. The molecule has 2 aliphatic heterocycles. The molecular formula is C24H25F3N2O2. The highest BCUT2D eigenvalue weighted by atomic mass is 19.4. The van der Waals surface area contributed by atoms with Crippen LogP contribution in [0, 0.1) is 5.92 Å². The van der Waals surface area contributed by atoms with Crippen molar-refractivity contribution in [2.24, 2.45) is 5.92 Å². The molecule has 0 aromatic heterocycles. The molecule has 4 rings (SSSR count). The van der Waals surface area contributed by atoms with Crippen molar-refractivity contribution in [1.29, 1.82) is 0 Å². The molecule has 2 aromatic rings. The smallest absolute Gasteiger partial charge is 0.338 e. The van der Waals surface area contributed by atoms with E-state index in [4.69, 9.17) is 0 Å². The van der Waals surface area contributed by atoms with E-state index in [1.807, 2.05) is 30.0 Å². The summed E-state index contributed by atoms with van der Waals surface area (Å²) < 4.78 is 39.0. The molecule has 2 aromatic carbocycles. The monoisotopic (exact) mass is 430 g/mol. The van der Waals surface area contributed by atoms with Gasteiger partial charge in [0.05, 0.1) is 23.6 Å². The summed E-state index contributed by atoms with van der Waals surface area (Å²) >= 11 is 0. The lowest BCUT2D eigenvalue weighted by molar-refractivity contribution is -0.148. The summed E-state index contributed by atoms with van der Waals surface area (Å²) in [5.41, 5.74) is 2.15. The van der Waals surface area contributed by atoms with Crippen LogP contribution in [0.1, 0.15) is 54.1 Å². The molecule has 7 heteroatoms. The van der Waals surface area contributed by atoms with Crippen LogP contribution in [0.5, 0.6) is 0 Å². The minimum atomic E-state index is -4.43. The molecule has 2 amide bonds. The van der Waals surface area contributed by atoms with Crippen molar-refractivity contribution in [3.63, 3.8) is 0 Å². The van der Waals surface area contributed by atoms with Crippen LogP contribution < -0.4 is 0 Å². The van der Waals surface area contributed by atoms with Crippen LogP contribution in [-0.4, -0.2) is 35.2 Å². The number of amides is 2. The molecule has 0 bridgehead atoms. The lowest BCUT2D eigenvalue weighted by Gasteiger charge is -2.43. The van der Waals surface area contributed by atoms with Crippen molar-refractivity contribution in [3.05, 3.63) is 70.8 Å². The van der Waals surface area contributed by atoms with Gasteiger partial charge in [-0.1, -0.05) is 36.4 Å². The topological polar surface area (TPSA) is 40.6 Å². The third-order valence-corrected chi connectivity index (χ3v) is 6.64. The summed E-state index contributed by atoms with van der Waals surface area (Å²) in [6.07, 6.45) is -3.03. The first-order valence-corrected chi connectivity index (χ1v) is 10.5. The SMILES string of the molecule is CC1c2ccccc2CCN1C(=O)C1CCC(=O)N(C)C1c1ccc(C(F)(F)F)cc1. The highest BCUT2D eigenvalue weighted by Gasteiger charge is 2.42. The van der Waals surface area contributed by atoms with E-state index < -0.39 is 23.7 Å². The summed E-state index contributed by atoms with van der Waals surface area (Å²) in [5, 5.41) is 0. The number of fused-ring (bicyclic) bond motifs is 1. The average molecular weight is 430 g/mol. The van der Waals surface area contributed by atoms with E-state index in [0.29, 0.717) is 18.5 Å². The summed E-state index contributed by atoms with van der Waals surface area (Å²) in [7, 11) is 1.62. The number of carbonyl (C=O) groups is 2. The zero-order valence-electron chi connectivity index (χ0n) is 17.5. The van der Waals surface area contributed by atoms with Gasteiger partial charge >= 0.3 is 6.18 Å². The molecule has 31 heavy (non-hydrogen) atoms. The zero-order valence-corrected chi connectivity index (χ0v) is 17.5. The van der Waals surface area contributed by atoms with Crippen molar-refractivity contribution in [2.45, 2.75) is 44.4 Å². The predicted octanol–water partition coefficient (Wildman–Crippen LogP) is 4.76. The molecule has 1 saturated heterocycles. The number of rotatable bonds is 2. The fourth-order valence-corrected chi connectivity index (χ4v) is 4.91. The van der Waals surface area contributed by atoms with Crippen LogP contribution in [-0.2, 0) is 22.2 Å². The highest BCUT2D eigenvalue weighted by Crippen LogP contribution is 2.40. The molecule has 0 radical (unpaired) electrons. The lowest BCUT2D eigenvalue weighted by atomic mass is 9.82. The van der Waals surface area contributed by atoms with E-state index in [2.05, 4.69) is 6.07 Å². The van der Waals surface area contributed by atoms with Crippen molar-refractivity contribution < 1.29 is 22.8 Å². The van der Waals surface area contributed by atoms with Gasteiger partial charge < -0.3 is 9.80 Å². The molecular weight excluding hydrogens is 405 g/mol.